The molecule has 0 aliphatic carbocycles. The summed E-state index contributed by atoms with van der Waals surface area (Å²) >= 11 is 0. The maximum Gasteiger partial charge on any atom is 0.194 e. The summed E-state index contributed by atoms with van der Waals surface area (Å²) in [5, 5.41) is 0.795. The van der Waals surface area contributed by atoms with Crippen molar-refractivity contribution in [2.75, 3.05) is 32.1 Å². The van der Waals surface area contributed by atoms with Crippen molar-refractivity contribution in [2.45, 2.75) is 32.7 Å². The predicted molar refractivity (Wildman–Crippen MR) is 92.8 cm³/mol. The van der Waals surface area contributed by atoms with Gasteiger partial charge in [-0.1, -0.05) is 6.42 Å². The van der Waals surface area contributed by atoms with Gasteiger partial charge in [-0.05, 0) is 51.1 Å². The minimum atomic E-state index is 0.181. The van der Waals surface area contributed by atoms with E-state index in [1.807, 2.05) is 44.1 Å². The number of nitrogens with zero attached hydrogens (tertiary/aromatic N) is 2. The van der Waals surface area contributed by atoms with E-state index in [1.54, 1.807) is 0 Å². The van der Waals surface area contributed by atoms with Crippen molar-refractivity contribution in [2.24, 2.45) is 0 Å². The number of piperidine rings is 1. The average molecular weight is 299 g/mol. The van der Waals surface area contributed by atoms with E-state index in [-0.39, 0.29) is 5.43 Å². The van der Waals surface area contributed by atoms with Crippen LogP contribution in [0.1, 0.15) is 30.5 Å². The van der Waals surface area contributed by atoms with Crippen LogP contribution < -0.4 is 10.3 Å². The van der Waals surface area contributed by atoms with Gasteiger partial charge in [-0.3, -0.25) is 9.69 Å². The van der Waals surface area contributed by atoms with Crippen molar-refractivity contribution in [1.82, 2.24) is 9.88 Å². The van der Waals surface area contributed by atoms with Gasteiger partial charge in [0.2, 0.25) is 0 Å². The Labute approximate surface area is 131 Å². The maximum absolute atomic E-state index is 12.9. The minimum absolute atomic E-state index is 0.181. The molecule has 118 valence electrons. The predicted octanol–water partition coefficient (Wildman–Crippen LogP) is 2.89. The van der Waals surface area contributed by atoms with Gasteiger partial charge in [0, 0.05) is 48.5 Å². The number of pyridine rings is 1. The number of hydrogen-bond donors (Lipinski definition) is 1. The summed E-state index contributed by atoms with van der Waals surface area (Å²) in [6.07, 6.45) is 3.81. The van der Waals surface area contributed by atoms with Crippen LogP contribution in [0.5, 0.6) is 0 Å². The first-order valence-electron chi connectivity index (χ1n) is 8.11. The zero-order valence-electron chi connectivity index (χ0n) is 13.8. The number of rotatable bonds is 3. The highest BCUT2D eigenvalue weighted by Crippen LogP contribution is 2.20. The molecule has 22 heavy (non-hydrogen) atoms. The third-order valence-corrected chi connectivity index (χ3v) is 4.64. The lowest BCUT2D eigenvalue weighted by molar-refractivity contribution is 0.220. The number of aromatic amines is 1. The van der Waals surface area contributed by atoms with Crippen molar-refractivity contribution in [3.8, 4) is 0 Å². The van der Waals surface area contributed by atoms with Gasteiger partial charge in [-0.25, -0.2) is 0 Å². The molecule has 2 heterocycles. The fourth-order valence-corrected chi connectivity index (χ4v) is 3.25. The van der Waals surface area contributed by atoms with Gasteiger partial charge < -0.3 is 9.88 Å². The Morgan fingerprint density at radius 3 is 2.59 bits per heavy atom. The topological polar surface area (TPSA) is 39.3 Å². The van der Waals surface area contributed by atoms with Crippen molar-refractivity contribution in [1.29, 1.82) is 0 Å². The highest BCUT2D eigenvalue weighted by molar-refractivity contribution is 5.83. The smallest absolute Gasteiger partial charge is 0.194 e. The monoisotopic (exact) mass is 299 g/mol. The van der Waals surface area contributed by atoms with Crippen molar-refractivity contribution in [3.63, 3.8) is 0 Å². The summed E-state index contributed by atoms with van der Waals surface area (Å²) in [6, 6.07) is 6.04. The number of benzene rings is 1. The van der Waals surface area contributed by atoms with E-state index < -0.39 is 0 Å². The normalized spacial score (nSPS) is 16.1. The molecule has 0 radical (unpaired) electrons. The van der Waals surface area contributed by atoms with Crippen LogP contribution in [0.3, 0.4) is 0 Å². The van der Waals surface area contributed by atoms with Gasteiger partial charge in [0.15, 0.2) is 5.43 Å². The van der Waals surface area contributed by atoms with Crippen molar-refractivity contribution in [3.05, 3.63) is 39.7 Å². The van der Waals surface area contributed by atoms with E-state index in [2.05, 4.69) is 9.88 Å². The molecule has 0 atom stereocenters. The van der Waals surface area contributed by atoms with Gasteiger partial charge in [-0.15, -0.1) is 0 Å². The molecule has 0 spiro atoms. The van der Waals surface area contributed by atoms with Crippen LogP contribution in [0.4, 0.5) is 5.69 Å². The Kier molecular flexibility index (Phi) is 4.21. The van der Waals surface area contributed by atoms with Crippen molar-refractivity contribution >= 4 is 16.6 Å². The molecule has 1 aliphatic heterocycles. The molecular weight excluding hydrogens is 274 g/mol. The highest BCUT2D eigenvalue weighted by atomic mass is 16.1. The van der Waals surface area contributed by atoms with Crippen molar-refractivity contribution < 1.29 is 0 Å². The summed E-state index contributed by atoms with van der Waals surface area (Å²) in [5.74, 6) is 0. The number of fused-ring (bicyclic) bond motifs is 1. The van der Waals surface area contributed by atoms with Gasteiger partial charge in [0.05, 0.1) is 0 Å². The average Bonchev–Trinajstić information content (AvgIpc) is 2.52. The minimum Gasteiger partial charge on any atom is -0.378 e. The van der Waals surface area contributed by atoms with Gasteiger partial charge in [-0.2, -0.15) is 0 Å². The summed E-state index contributed by atoms with van der Waals surface area (Å²) in [6.45, 7) is 4.99. The van der Waals surface area contributed by atoms with E-state index in [1.165, 1.54) is 19.3 Å². The first-order valence-corrected chi connectivity index (χ1v) is 8.11. The number of aromatic nitrogens is 1. The molecule has 1 aromatic heterocycles. The fourth-order valence-electron chi connectivity index (χ4n) is 3.25. The molecule has 0 bridgehead atoms. The van der Waals surface area contributed by atoms with E-state index in [4.69, 9.17) is 0 Å². The number of likely N-dealkylation sites (tertiary alicyclic amines) is 1. The third-order valence-electron chi connectivity index (χ3n) is 4.64. The molecule has 1 N–H and O–H groups in total. The Hall–Kier alpha value is -1.81. The van der Waals surface area contributed by atoms with E-state index in [0.29, 0.717) is 0 Å². The first-order chi connectivity index (χ1) is 10.6. The second-order valence-corrected chi connectivity index (χ2v) is 6.52. The molecule has 2 aromatic rings. The van der Waals surface area contributed by atoms with Gasteiger partial charge in [0.25, 0.3) is 0 Å². The lowest BCUT2D eigenvalue weighted by atomic mass is 10.1. The molecule has 0 unspecified atom stereocenters. The lowest BCUT2D eigenvalue weighted by Crippen LogP contribution is -2.32. The molecule has 3 rings (SSSR count). The van der Waals surface area contributed by atoms with Gasteiger partial charge in [0.1, 0.15) is 0 Å². The number of hydrogen-bond acceptors (Lipinski definition) is 3. The van der Waals surface area contributed by atoms with Crippen LogP contribution in [0, 0.1) is 6.92 Å². The van der Waals surface area contributed by atoms with Crippen LogP contribution in [0.25, 0.3) is 10.9 Å². The van der Waals surface area contributed by atoms with Crippen LogP contribution in [-0.2, 0) is 6.54 Å². The molecule has 1 fully saturated rings. The van der Waals surface area contributed by atoms with Crippen LogP contribution in [0.2, 0.25) is 0 Å². The Morgan fingerprint density at radius 1 is 1.18 bits per heavy atom. The van der Waals surface area contributed by atoms with Gasteiger partial charge >= 0.3 is 0 Å². The fraction of sp³-hybridized carbons (Fsp3) is 0.500. The first kappa shape index (κ1) is 15.1. The molecule has 0 amide bonds. The SMILES string of the molecule is Cc1[nH]c2ccc(N(C)C)cc2c(=O)c1CN1CCCCC1. The largest absolute Gasteiger partial charge is 0.378 e. The summed E-state index contributed by atoms with van der Waals surface area (Å²) in [7, 11) is 4.00. The Balaban J connectivity index is 2.03. The Bertz CT molecular complexity index is 727. The molecule has 4 heteroatoms. The standard InChI is InChI=1S/C18H25N3O/c1-13-16(12-21-9-5-4-6-10-21)18(22)15-11-14(20(2)3)7-8-17(15)19-13/h7-8,11H,4-6,9-10,12H2,1-3H3,(H,19,22). The molecule has 4 nitrogen and oxygen atoms in total. The number of H-pyrrole nitrogens is 1. The molecule has 0 saturated carbocycles. The number of anilines is 1. The van der Waals surface area contributed by atoms with E-state index in [9.17, 15) is 4.79 Å². The summed E-state index contributed by atoms with van der Waals surface area (Å²) in [4.78, 5) is 20.8. The third kappa shape index (κ3) is 2.88. The molecule has 1 saturated heterocycles. The second-order valence-electron chi connectivity index (χ2n) is 6.52. The zero-order valence-corrected chi connectivity index (χ0v) is 13.8. The maximum atomic E-state index is 12.9. The quantitative estimate of drug-likeness (QED) is 0.947. The molecular formula is C18H25N3O. The summed E-state index contributed by atoms with van der Waals surface area (Å²) in [5.41, 5.74) is 4.09. The molecule has 1 aromatic carbocycles. The Morgan fingerprint density at radius 2 is 1.91 bits per heavy atom. The van der Waals surface area contributed by atoms with Crippen LogP contribution >= 0.6 is 0 Å². The lowest BCUT2D eigenvalue weighted by Gasteiger charge is -2.26. The van der Waals surface area contributed by atoms with E-state index in [0.717, 1.165) is 47.5 Å². The molecule has 1 aliphatic rings. The van der Waals surface area contributed by atoms with E-state index >= 15 is 0 Å². The zero-order chi connectivity index (χ0) is 15.7. The summed E-state index contributed by atoms with van der Waals surface area (Å²) < 4.78 is 0. The second kappa shape index (κ2) is 6.13. The van der Waals surface area contributed by atoms with Crippen LogP contribution in [0.15, 0.2) is 23.0 Å². The number of aryl methyl sites for hydroxylation is 1. The highest BCUT2D eigenvalue weighted by Gasteiger charge is 2.16. The number of nitrogens with one attached hydrogen (secondary N) is 1. The van der Waals surface area contributed by atoms with Crippen LogP contribution in [-0.4, -0.2) is 37.1 Å².